The average Bonchev–Trinajstić information content (AvgIpc) is 2.92. The lowest BCUT2D eigenvalue weighted by Crippen LogP contribution is -2.30. The molecule has 1 heterocycles. The van der Waals surface area contributed by atoms with E-state index in [1.807, 2.05) is 60.7 Å². The van der Waals surface area contributed by atoms with Gasteiger partial charge in [0.25, 0.3) is 0 Å². The second kappa shape index (κ2) is 8.56. The van der Waals surface area contributed by atoms with E-state index in [2.05, 4.69) is 60.7 Å². The first-order valence-corrected chi connectivity index (χ1v) is 13.3. The number of fused-ring (bicyclic) bond motifs is 2. The molecule has 0 N–H and O–H groups in total. The van der Waals surface area contributed by atoms with Gasteiger partial charge in [0.15, 0.2) is 7.14 Å². The lowest BCUT2D eigenvalue weighted by atomic mass is 9.90. The highest BCUT2D eigenvalue weighted by molar-refractivity contribution is 7.85. The van der Waals surface area contributed by atoms with Gasteiger partial charge in [0.05, 0.1) is 5.71 Å². The van der Waals surface area contributed by atoms with E-state index < -0.39 is 7.14 Å². The van der Waals surface area contributed by atoms with Crippen molar-refractivity contribution in [3.05, 3.63) is 138 Å². The van der Waals surface area contributed by atoms with Crippen LogP contribution in [0, 0.1) is 0 Å². The Morgan fingerprint density at radius 3 is 1.97 bits per heavy atom. The minimum absolute atomic E-state index is 0.732. The second-order valence-electron chi connectivity index (χ2n) is 8.60. The summed E-state index contributed by atoms with van der Waals surface area (Å²) in [6.07, 6.45) is 0.925. The van der Waals surface area contributed by atoms with Crippen molar-refractivity contribution in [1.82, 2.24) is 0 Å². The Labute approximate surface area is 200 Å². The summed E-state index contributed by atoms with van der Waals surface area (Å²) in [6.45, 7) is 0.732. The zero-order chi connectivity index (χ0) is 23.0. The molecule has 1 aliphatic heterocycles. The first-order valence-electron chi connectivity index (χ1n) is 11.6. The van der Waals surface area contributed by atoms with Gasteiger partial charge in [-0.15, -0.1) is 0 Å². The molecule has 0 aromatic heterocycles. The third kappa shape index (κ3) is 3.34. The Hall–Kier alpha value is -3.74. The van der Waals surface area contributed by atoms with Crippen molar-refractivity contribution in [3.63, 3.8) is 0 Å². The standard InChI is InChI=1S/C31H24NOP/c33-34(25-13-3-1-4-14-25,26-15-5-2-6-16-26)29-20-19-23-11-7-9-17-27(23)30(29)31-28-18-10-8-12-24(28)21-22-32-31/h1-20H,21-22H2. The first-order chi connectivity index (χ1) is 16.8. The van der Waals surface area contributed by atoms with Gasteiger partial charge in [-0.25, -0.2) is 0 Å². The van der Waals surface area contributed by atoms with Gasteiger partial charge < -0.3 is 4.57 Å². The van der Waals surface area contributed by atoms with E-state index in [4.69, 9.17) is 4.99 Å². The molecule has 5 aromatic carbocycles. The molecule has 1 aliphatic rings. The number of rotatable bonds is 4. The molecule has 5 aromatic rings. The first kappa shape index (κ1) is 20.8. The zero-order valence-corrected chi connectivity index (χ0v) is 19.7. The largest absolute Gasteiger partial charge is 0.309 e. The summed E-state index contributed by atoms with van der Waals surface area (Å²) in [5.41, 5.74) is 4.36. The van der Waals surface area contributed by atoms with E-state index in [0.717, 1.165) is 56.5 Å². The molecular weight excluding hydrogens is 433 g/mol. The minimum Gasteiger partial charge on any atom is -0.309 e. The summed E-state index contributed by atoms with van der Waals surface area (Å²) in [7, 11) is -3.18. The highest BCUT2D eigenvalue weighted by Gasteiger charge is 2.34. The summed E-state index contributed by atoms with van der Waals surface area (Å²) in [5.74, 6) is 0. The fourth-order valence-electron chi connectivity index (χ4n) is 5.03. The highest BCUT2D eigenvalue weighted by atomic mass is 31.2. The van der Waals surface area contributed by atoms with Crippen LogP contribution in [0.25, 0.3) is 10.8 Å². The molecule has 0 unspecified atom stereocenters. The molecule has 164 valence electrons. The topological polar surface area (TPSA) is 29.4 Å². The summed E-state index contributed by atoms with van der Waals surface area (Å²) >= 11 is 0. The van der Waals surface area contributed by atoms with Crippen LogP contribution in [0.5, 0.6) is 0 Å². The van der Waals surface area contributed by atoms with E-state index in [1.54, 1.807) is 0 Å². The minimum atomic E-state index is -3.18. The van der Waals surface area contributed by atoms with Crippen LogP contribution >= 0.6 is 7.14 Å². The van der Waals surface area contributed by atoms with Gasteiger partial charge >= 0.3 is 0 Å². The van der Waals surface area contributed by atoms with Crippen LogP contribution in [-0.4, -0.2) is 12.3 Å². The van der Waals surface area contributed by atoms with E-state index in [0.29, 0.717) is 0 Å². The molecule has 0 fully saturated rings. The smallest absolute Gasteiger partial charge is 0.171 e. The van der Waals surface area contributed by atoms with Gasteiger partial charge in [-0.05, 0) is 28.8 Å². The molecule has 0 spiro atoms. The number of nitrogens with zero attached hydrogens (tertiary/aromatic N) is 1. The van der Waals surface area contributed by atoms with Crippen molar-refractivity contribution in [2.75, 3.05) is 6.54 Å². The quantitative estimate of drug-likeness (QED) is 0.310. The molecule has 3 heteroatoms. The van der Waals surface area contributed by atoms with E-state index in [9.17, 15) is 0 Å². The van der Waals surface area contributed by atoms with E-state index in [1.165, 1.54) is 5.56 Å². The molecule has 0 saturated heterocycles. The van der Waals surface area contributed by atoms with Gasteiger partial charge in [0.2, 0.25) is 0 Å². The van der Waals surface area contributed by atoms with E-state index >= 15 is 4.57 Å². The molecule has 6 rings (SSSR count). The Bertz CT molecular complexity index is 1530. The number of hydrogen-bond donors (Lipinski definition) is 0. The second-order valence-corrected chi connectivity index (χ2v) is 11.3. The molecule has 0 aliphatic carbocycles. The predicted molar refractivity (Wildman–Crippen MR) is 144 cm³/mol. The monoisotopic (exact) mass is 457 g/mol. The Morgan fingerprint density at radius 1 is 0.618 bits per heavy atom. The zero-order valence-electron chi connectivity index (χ0n) is 18.8. The lowest BCUT2D eigenvalue weighted by molar-refractivity contribution is 0.592. The van der Waals surface area contributed by atoms with Gasteiger partial charge in [0, 0.05) is 33.6 Å². The number of benzene rings is 5. The SMILES string of the molecule is O=P(c1ccccc1)(c1ccccc1)c1ccc2ccccc2c1C1=NCCc2ccccc21. The average molecular weight is 458 g/mol. The Morgan fingerprint density at radius 2 is 1.24 bits per heavy atom. The molecule has 0 amide bonds. The highest BCUT2D eigenvalue weighted by Crippen LogP contribution is 2.45. The van der Waals surface area contributed by atoms with Crippen LogP contribution in [0.4, 0.5) is 0 Å². The van der Waals surface area contributed by atoms with Crippen molar-refractivity contribution in [2.45, 2.75) is 6.42 Å². The third-order valence-corrected chi connectivity index (χ3v) is 9.75. The maximum atomic E-state index is 15.4. The van der Waals surface area contributed by atoms with Crippen LogP contribution in [-0.2, 0) is 11.0 Å². The summed E-state index contributed by atoms with van der Waals surface area (Å²) in [5, 5.41) is 4.73. The third-order valence-electron chi connectivity index (χ3n) is 6.65. The van der Waals surface area contributed by atoms with Gasteiger partial charge in [0.1, 0.15) is 0 Å². The normalized spacial score (nSPS) is 13.4. The molecule has 0 bridgehead atoms. The molecule has 0 radical (unpaired) electrons. The van der Waals surface area contributed by atoms with E-state index in [-0.39, 0.29) is 0 Å². The Kier molecular flexibility index (Phi) is 5.24. The summed E-state index contributed by atoms with van der Waals surface area (Å²) in [6, 6.07) is 40.8. The molecule has 2 nitrogen and oxygen atoms in total. The van der Waals surface area contributed by atoms with Crippen LogP contribution < -0.4 is 15.9 Å². The van der Waals surface area contributed by atoms with Gasteiger partial charge in [-0.2, -0.15) is 0 Å². The van der Waals surface area contributed by atoms with Gasteiger partial charge in [-0.3, -0.25) is 4.99 Å². The maximum absolute atomic E-state index is 15.4. The van der Waals surface area contributed by atoms with Crippen LogP contribution in [0.2, 0.25) is 0 Å². The Balaban J connectivity index is 1.74. The van der Waals surface area contributed by atoms with Crippen molar-refractivity contribution < 1.29 is 4.57 Å². The predicted octanol–water partition coefficient (Wildman–Crippen LogP) is 5.87. The fourth-order valence-corrected chi connectivity index (χ4v) is 7.89. The number of hydrogen-bond acceptors (Lipinski definition) is 2. The lowest BCUT2D eigenvalue weighted by Gasteiger charge is -2.26. The van der Waals surface area contributed by atoms with Crippen molar-refractivity contribution in [2.24, 2.45) is 4.99 Å². The molecule has 34 heavy (non-hydrogen) atoms. The molecule has 0 atom stereocenters. The molecule has 0 saturated carbocycles. The van der Waals surface area contributed by atoms with Crippen LogP contribution in [0.15, 0.2) is 126 Å². The van der Waals surface area contributed by atoms with Crippen molar-refractivity contribution in [1.29, 1.82) is 0 Å². The number of aliphatic imine (C=N–C) groups is 1. The molecular formula is C31H24NOP. The maximum Gasteiger partial charge on any atom is 0.171 e. The van der Waals surface area contributed by atoms with Crippen LogP contribution in [0.1, 0.15) is 16.7 Å². The summed E-state index contributed by atoms with van der Waals surface area (Å²) in [4.78, 5) is 5.05. The van der Waals surface area contributed by atoms with Crippen molar-refractivity contribution >= 4 is 39.5 Å². The van der Waals surface area contributed by atoms with Crippen LogP contribution in [0.3, 0.4) is 0 Å². The van der Waals surface area contributed by atoms with Gasteiger partial charge in [-0.1, -0.05) is 115 Å². The fraction of sp³-hybridized carbons (Fsp3) is 0.0645. The summed E-state index contributed by atoms with van der Waals surface area (Å²) < 4.78 is 15.4. The van der Waals surface area contributed by atoms with Crippen molar-refractivity contribution in [3.8, 4) is 0 Å².